The number of anilines is 1. The molecule has 1 aromatic carbocycles. The van der Waals surface area contributed by atoms with Gasteiger partial charge in [-0.05, 0) is 19.1 Å². The van der Waals surface area contributed by atoms with E-state index in [-0.39, 0.29) is 18.0 Å². The largest absolute Gasteiger partial charge is 0.461 e. The van der Waals surface area contributed by atoms with E-state index in [0.717, 1.165) is 5.39 Å². The van der Waals surface area contributed by atoms with Crippen LogP contribution in [0.25, 0.3) is 22.1 Å². The van der Waals surface area contributed by atoms with Crippen LogP contribution in [0.4, 0.5) is 5.69 Å². The number of carbonyl (C=O) groups excluding carboxylic acids is 1. The van der Waals surface area contributed by atoms with Crippen molar-refractivity contribution in [3.05, 3.63) is 36.0 Å². The molecule has 0 spiro atoms. The Morgan fingerprint density at radius 3 is 2.95 bits per heavy atom. The molecular weight excluding hydrogens is 244 g/mol. The topological polar surface area (TPSA) is 78.3 Å². The van der Waals surface area contributed by atoms with Crippen LogP contribution in [0.1, 0.15) is 17.4 Å². The van der Waals surface area contributed by atoms with Gasteiger partial charge in [0.2, 0.25) is 0 Å². The molecule has 5 nitrogen and oxygen atoms in total. The SMILES string of the molecule is CCOC(=O)c1nc2c(cc1N)oc1ccccc12. The summed E-state index contributed by atoms with van der Waals surface area (Å²) in [7, 11) is 0. The number of aromatic nitrogens is 1. The summed E-state index contributed by atoms with van der Waals surface area (Å²) in [5, 5.41) is 0.850. The summed E-state index contributed by atoms with van der Waals surface area (Å²) >= 11 is 0. The van der Waals surface area contributed by atoms with Gasteiger partial charge in [0.05, 0.1) is 12.3 Å². The van der Waals surface area contributed by atoms with Crippen molar-refractivity contribution in [2.45, 2.75) is 6.92 Å². The molecule has 0 aliphatic rings. The Bertz CT molecular complexity index is 777. The Hall–Kier alpha value is -2.56. The van der Waals surface area contributed by atoms with Crippen molar-refractivity contribution in [1.82, 2.24) is 4.98 Å². The molecule has 0 saturated carbocycles. The van der Waals surface area contributed by atoms with E-state index in [1.807, 2.05) is 24.3 Å². The van der Waals surface area contributed by atoms with Crippen LogP contribution in [0, 0.1) is 0 Å². The Kier molecular flexibility index (Phi) is 2.59. The first-order valence-corrected chi connectivity index (χ1v) is 5.95. The molecular formula is C14H12N2O3. The molecule has 0 amide bonds. The molecule has 0 fully saturated rings. The minimum absolute atomic E-state index is 0.126. The summed E-state index contributed by atoms with van der Waals surface area (Å²) in [5.41, 5.74) is 8.09. The number of para-hydroxylation sites is 1. The fourth-order valence-electron chi connectivity index (χ4n) is 2.01. The fraction of sp³-hybridized carbons (Fsp3) is 0.143. The standard InChI is InChI=1S/C14H12N2O3/c1-2-18-14(17)13-9(15)7-11-12(16-13)8-5-3-4-6-10(8)19-11/h3-7H,2,15H2,1H3. The summed E-state index contributed by atoms with van der Waals surface area (Å²) in [6.07, 6.45) is 0. The average Bonchev–Trinajstić information content (AvgIpc) is 2.75. The predicted octanol–water partition coefficient (Wildman–Crippen LogP) is 2.74. The van der Waals surface area contributed by atoms with Gasteiger partial charge in [-0.3, -0.25) is 0 Å². The summed E-state index contributed by atoms with van der Waals surface area (Å²) in [4.78, 5) is 16.1. The number of rotatable bonds is 2. The number of benzene rings is 1. The number of furan rings is 1. The zero-order valence-electron chi connectivity index (χ0n) is 10.3. The van der Waals surface area contributed by atoms with E-state index in [4.69, 9.17) is 14.9 Å². The number of pyridine rings is 1. The zero-order chi connectivity index (χ0) is 13.4. The van der Waals surface area contributed by atoms with E-state index in [9.17, 15) is 4.79 Å². The van der Waals surface area contributed by atoms with Crippen molar-refractivity contribution in [2.75, 3.05) is 12.3 Å². The second kappa shape index (κ2) is 4.28. The molecule has 0 saturated heterocycles. The molecule has 0 aliphatic carbocycles. The number of esters is 1. The minimum Gasteiger partial charge on any atom is -0.461 e. The molecule has 96 valence electrons. The number of hydrogen-bond donors (Lipinski definition) is 1. The first kappa shape index (κ1) is 11.5. The van der Waals surface area contributed by atoms with Gasteiger partial charge in [-0.2, -0.15) is 0 Å². The van der Waals surface area contributed by atoms with Crippen LogP contribution in [-0.2, 0) is 4.74 Å². The summed E-state index contributed by atoms with van der Waals surface area (Å²) in [6.45, 7) is 2.02. The van der Waals surface area contributed by atoms with Crippen LogP contribution in [0.3, 0.4) is 0 Å². The van der Waals surface area contributed by atoms with Gasteiger partial charge in [0, 0.05) is 11.5 Å². The van der Waals surface area contributed by atoms with Crippen LogP contribution in [0.5, 0.6) is 0 Å². The molecule has 2 heterocycles. The Balaban J connectivity index is 2.28. The molecule has 2 aromatic heterocycles. The van der Waals surface area contributed by atoms with E-state index < -0.39 is 5.97 Å². The summed E-state index contributed by atoms with van der Waals surface area (Å²) in [6, 6.07) is 9.10. The molecule has 3 aromatic rings. The second-order valence-electron chi connectivity index (χ2n) is 4.09. The lowest BCUT2D eigenvalue weighted by Crippen LogP contribution is -2.10. The maximum Gasteiger partial charge on any atom is 0.359 e. The third kappa shape index (κ3) is 1.79. The molecule has 3 rings (SSSR count). The Labute approximate surface area is 109 Å². The van der Waals surface area contributed by atoms with Gasteiger partial charge in [-0.25, -0.2) is 9.78 Å². The molecule has 5 heteroatoms. The summed E-state index contributed by atoms with van der Waals surface area (Å²) in [5.74, 6) is -0.521. The van der Waals surface area contributed by atoms with Crippen LogP contribution in [0.15, 0.2) is 34.7 Å². The van der Waals surface area contributed by atoms with Crippen LogP contribution < -0.4 is 5.73 Å². The lowest BCUT2D eigenvalue weighted by Gasteiger charge is -2.03. The zero-order valence-corrected chi connectivity index (χ0v) is 10.3. The number of fused-ring (bicyclic) bond motifs is 3. The monoisotopic (exact) mass is 256 g/mol. The molecule has 19 heavy (non-hydrogen) atoms. The van der Waals surface area contributed by atoms with Crippen LogP contribution in [-0.4, -0.2) is 17.6 Å². The van der Waals surface area contributed by atoms with E-state index in [1.54, 1.807) is 13.0 Å². The van der Waals surface area contributed by atoms with E-state index in [1.165, 1.54) is 0 Å². The van der Waals surface area contributed by atoms with Crippen molar-refractivity contribution in [2.24, 2.45) is 0 Å². The van der Waals surface area contributed by atoms with Crippen LogP contribution >= 0.6 is 0 Å². The van der Waals surface area contributed by atoms with Crippen molar-refractivity contribution < 1.29 is 13.9 Å². The number of ether oxygens (including phenoxy) is 1. The van der Waals surface area contributed by atoms with E-state index >= 15 is 0 Å². The maximum absolute atomic E-state index is 11.8. The number of nitrogens with zero attached hydrogens (tertiary/aromatic N) is 1. The highest BCUT2D eigenvalue weighted by Crippen LogP contribution is 2.29. The Morgan fingerprint density at radius 2 is 2.16 bits per heavy atom. The lowest BCUT2D eigenvalue weighted by molar-refractivity contribution is 0.0521. The van der Waals surface area contributed by atoms with Gasteiger partial charge in [0.25, 0.3) is 0 Å². The third-order valence-corrected chi connectivity index (χ3v) is 2.85. The van der Waals surface area contributed by atoms with Gasteiger partial charge >= 0.3 is 5.97 Å². The third-order valence-electron chi connectivity index (χ3n) is 2.85. The summed E-state index contributed by atoms with van der Waals surface area (Å²) < 4.78 is 10.6. The minimum atomic E-state index is -0.521. The van der Waals surface area contributed by atoms with Gasteiger partial charge in [0.15, 0.2) is 11.3 Å². The van der Waals surface area contributed by atoms with Crippen molar-refractivity contribution in [3.8, 4) is 0 Å². The van der Waals surface area contributed by atoms with Gasteiger partial charge in [-0.1, -0.05) is 12.1 Å². The van der Waals surface area contributed by atoms with E-state index in [0.29, 0.717) is 16.7 Å². The fourth-order valence-corrected chi connectivity index (χ4v) is 2.01. The number of carbonyl (C=O) groups is 1. The number of hydrogen-bond acceptors (Lipinski definition) is 5. The molecule has 0 aliphatic heterocycles. The van der Waals surface area contributed by atoms with Crippen molar-refractivity contribution in [3.63, 3.8) is 0 Å². The molecule has 2 N–H and O–H groups in total. The average molecular weight is 256 g/mol. The van der Waals surface area contributed by atoms with Gasteiger partial charge < -0.3 is 14.9 Å². The molecule has 0 unspecified atom stereocenters. The Morgan fingerprint density at radius 1 is 1.37 bits per heavy atom. The van der Waals surface area contributed by atoms with Crippen LogP contribution in [0.2, 0.25) is 0 Å². The molecule has 0 bridgehead atoms. The second-order valence-corrected chi connectivity index (χ2v) is 4.09. The highest BCUT2D eigenvalue weighted by atomic mass is 16.5. The molecule has 0 atom stereocenters. The number of nitrogen functional groups attached to an aromatic ring is 1. The van der Waals surface area contributed by atoms with E-state index in [2.05, 4.69) is 4.98 Å². The first-order valence-electron chi connectivity index (χ1n) is 5.95. The smallest absolute Gasteiger partial charge is 0.359 e. The predicted molar refractivity (Wildman–Crippen MR) is 71.9 cm³/mol. The molecule has 0 radical (unpaired) electrons. The highest BCUT2D eigenvalue weighted by Gasteiger charge is 2.17. The van der Waals surface area contributed by atoms with Crippen molar-refractivity contribution in [1.29, 1.82) is 0 Å². The van der Waals surface area contributed by atoms with Gasteiger partial charge in [0.1, 0.15) is 11.1 Å². The first-order chi connectivity index (χ1) is 9.20. The van der Waals surface area contributed by atoms with Crippen molar-refractivity contribution >= 4 is 33.7 Å². The highest BCUT2D eigenvalue weighted by molar-refractivity contribution is 6.05. The van der Waals surface area contributed by atoms with Gasteiger partial charge in [-0.15, -0.1) is 0 Å². The normalized spacial score (nSPS) is 11.0. The number of nitrogens with two attached hydrogens (primary N) is 1. The quantitative estimate of drug-likeness (QED) is 0.713. The lowest BCUT2D eigenvalue weighted by atomic mass is 10.2. The maximum atomic E-state index is 11.8.